The van der Waals surface area contributed by atoms with Crippen LogP contribution in [0.25, 0.3) is 0 Å². The van der Waals surface area contributed by atoms with Gasteiger partial charge in [-0.05, 0) is 31.9 Å². The van der Waals surface area contributed by atoms with Crippen LogP contribution in [-0.4, -0.2) is 62.1 Å². The van der Waals surface area contributed by atoms with Gasteiger partial charge in [-0.25, -0.2) is 4.99 Å². The zero-order valence-corrected chi connectivity index (χ0v) is 18.2. The summed E-state index contributed by atoms with van der Waals surface area (Å²) in [6, 6.07) is 8.32. The maximum absolute atomic E-state index is 11.9. The van der Waals surface area contributed by atoms with E-state index in [1.165, 1.54) is 0 Å². The monoisotopic (exact) mass is 491 g/mol. The van der Waals surface area contributed by atoms with E-state index in [9.17, 15) is 4.79 Å². The van der Waals surface area contributed by atoms with Crippen molar-refractivity contribution in [1.82, 2.24) is 15.5 Å². The van der Waals surface area contributed by atoms with Gasteiger partial charge in [0.2, 0.25) is 5.91 Å². The molecular weight excluding hydrogens is 465 g/mol. The number of para-hydroxylation sites is 1. The molecule has 1 amide bonds. The Balaban J connectivity index is 0.00000243. The molecule has 6 nitrogen and oxygen atoms in total. The van der Waals surface area contributed by atoms with Gasteiger partial charge in [0.05, 0.1) is 10.7 Å². The highest BCUT2D eigenvalue weighted by molar-refractivity contribution is 14.0. The average Bonchev–Trinajstić information content (AvgIpc) is 3.43. The summed E-state index contributed by atoms with van der Waals surface area (Å²) < 4.78 is 0. The van der Waals surface area contributed by atoms with E-state index in [1.807, 2.05) is 25.1 Å². The Labute approximate surface area is 177 Å². The first-order valence-corrected chi connectivity index (χ1v) is 9.37. The van der Waals surface area contributed by atoms with Crippen LogP contribution in [0.3, 0.4) is 0 Å². The summed E-state index contributed by atoms with van der Waals surface area (Å²) in [5, 5.41) is 7.05. The first kappa shape index (κ1) is 21.1. The smallest absolute Gasteiger partial charge is 0.242 e. The van der Waals surface area contributed by atoms with Crippen LogP contribution in [0, 0.1) is 0 Å². The zero-order valence-electron chi connectivity index (χ0n) is 15.1. The Morgan fingerprint density at radius 2 is 1.92 bits per heavy atom. The van der Waals surface area contributed by atoms with Gasteiger partial charge in [0.25, 0.3) is 0 Å². The molecule has 0 radical (unpaired) electrons. The van der Waals surface area contributed by atoms with Crippen molar-refractivity contribution < 1.29 is 4.79 Å². The normalized spacial score (nSPS) is 17.5. The number of halogens is 2. The highest BCUT2D eigenvalue weighted by atomic mass is 127. The average molecular weight is 492 g/mol. The Kier molecular flexibility index (Phi) is 8.27. The molecule has 1 aromatic carbocycles. The Hall–Kier alpha value is -1.22. The Bertz CT molecular complexity index is 630. The molecule has 1 saturated heterocycles. The van der Waals surface area contributed by atoms with Crippen molar-refractivity contribution >= 4 is 53.1 Å². The summed E-state index contributed by atoms with van der Waals surface area (Å²) in [5.41, 5.74) is 1.08. The number of aliphatic imine (C=N–C) groups is 1. The van der Waals surface area contributed by atoms with E-state index in [1.54, 1.807) is 0 Å². The Morgan fingerprint density at radius 3 is 2.54 bits per heavy atom. The van der Waals surface area contributed by atoms with Crippen LogP contribution in [0.4, 0.5) is 5.69 Å². The second-order valence-electron chi connectivity index (χ2n) is 6.44. The van der Waals surface area contributed by atoms with Gasteiger partial charge >= 0.3 is 0 Å². The number of hydrogen-bond acceptors (Lipinski definition) is 3. The fourth-order valence-electron chi connectivity index (χ4n) is 2.94. The van der Waals surface area contributed by atoms with Crippen molar-refractivity contribution in [3.05, 3.63) is 29.3 Å². The van der Waals surface area contributed by atoms with Crippen LogP contribution in [0.15, 0.2) is 29.3 Å². The van der Waals surface area contributed by atoms with Gasteiger partial charge in [-0.3, -0.25) is 4.79 Å². The largest absolute Gasteiger partial charge is 0.367 e. The van der Waals surface area contributed by atoms with E-state index in [0.717, 1.165) is 62.2 Å². The maximum atomic E-state index is 11.9. The third-order valence-electron chi connectivity index (χ3n) is 4.42. The number of carbonyl (C=O) groups excluding carboxylic acids is 1. The van der Waals surface area contributed by atoms with Gasteiger partial charge in [0.15, 0.2) is 5.96 Å². The zero-order chi connectivity index (χ0) is 17.6. The van der Waals surface area contributed by atoms with Crippen molar-refractivity contribution in [2.24, 2.45) is 4.99 Å². The molecule has 2 N–H and O–H groups in total. The fourth-order valence-corrected chi connectivity index (χ4v) is 3.20. The minimum Gasteiger partial charge on any atom is -0.367 e. The number of nitrogens with zero attached hydrogens (tertiary/aromatic N) is 3. The fraction of sp³-hybridized carbons (Fsp3) is 0.556. The highest BCUT2D eigenvalue weighted by Crippen LogP contribution is 2.26. The molecule has 0 aromatic heterocycles. The van der Waals surface area contributed by atoms with Crippen LogP contribution in [0.2, 0.25) is 5.02 Å². The van der Waals surface area contributed by atoms with Gasteiger partial charge in [0.1, 0.15) is 6.54 Å². The number of guanidine groups is 1. The minimum absolute atomic E-state index is 0. The van der Waals surface area contributed by atoms with Gasteiger partial charge in [-0.2, -0.15) is 0 Å². The number of rotatable bonds is 5. The lowest BCUT2D eigenvalue weighted by atomic mass is 10.2. The molecule has 1 aromatic rings. The molecule has 1 saturated carbocycles. The molecule has 1 aliphatic carbocycles. The molecule has 2 aliphatic rings. The van der Waals surface area contributed by atoms with E-state index >= 15 is 0 Å². The van der Waals surface area contributed by atoms with Gasteiger partial charge in [-0.1, -0.05) is 23.7 Å². The second kappa shape index (κ2) is 10.2. The predicted octanol–water partition coefficient (Wildman–Crippen LogP) is 2.32. The first-order valence-electron chi connectivity index (χ1n) is 8.99. The van der Waals surface area contributed by atoms with Crippen LogP contribution in [0.1, 0.15) is 19.8 Å². The summed E-state index contributed by atoms with van der Waals surface area (Å²) in [5.74, 6) is 0.819. The van der Waals surface area contributed by atoms with Crippen LogP contribution < -0.4 is 15.5 Å². The number of carbonyl (C=O) groups is 1. The highest BCUT2D eigenvalue weighted by Gasteiger charge is 2.24. The van der Waals surface area contributed by atoms with Crippen LogP contribution in [0.5, 0.6) is 0 Å². The lowest BCUT2D eigenvalue weighted by Crippen LogP contribution is -2.52. The third kappa shape index (κ3) is 5.90. The molecule has 8 heteroatoms. The molecule has 26 heavy (non-hydrogen) atoms. The molecule has 144 valence electrons. The lowest BCUT2D eigenvalue weighted by Gasteiger charge is -2.38. The maximum Gasteiger partial charge on any atom is 0.242 e. The number of piperazine rings is 1. The van der Waals surface area contributed by atoms with E-state index in [4.69, 9.17) is 11.6 Å². The lowest BCUT2D eigenvalue weighted by molar-refractivity contribution is -0.119. The van der Waals surface area contributed by atoms with E-state index in [2.05, 4.69) is 31.5 Å². The van der Waals surface area contributed by atoms with E-state index in [0.29, 0.717) is 6.04 Å². The standard InChI is InChI=1S/C18H26ClN5O.HI/c1-2-20-18(21-13-17(25)22-14-7-8-14)24-11-9-23(10-12-24)16-6-4-3-5-15(16)19;/h3-6,14H,2,7-13H2,1H3,(H,20,21)(H,22,25);1H. The molecule has 0 atom stereocenters. The van der Waals surface area contributed by atoms with Crippen molar-refractivity contribution in [2.45, 2.75) is 25.8 Å². The van der Waals surface area contributed by atoms with Crippen LogP contribution >= 0.6 is 35.6 Å². The number of benzene rings is 1. The molecule has 1 heterocycles. The van der Waals surface area contributed by atoms with E-state index in [-0.39, 0.29) is 36.4 Å². The first-order chi connectivity index (χ1) is 12.2. The molecular formula is C18H27ClIN5O. The summed E-state index contributed by atoms with van der Waals surface area (Å²) in [6.07, 6.45) is 2.19. The SMILES string of the molecule is CCNC(=NCC(=O)NC1CC1)N1CCN(c2ccccc2Cl)CC1.I. The molecule has 0 bridgehead atoms. The van der Waals surface area contributed by atoms with Crippen molar-refractivity contribution in [3.8, 4) is 0 Å². The minimum atomic E-state index is 0. The number of hydrogen-bond donors (Lipinski definition) is 2. The summed E-state index contributed by atoms with van der Waals surface area (Å²) in [4.78, 5) is 20.9. The summed E-state index contributed by atoms with van der Waals surface area (Å²) in [7, 11) is 0. The molecule has 1 aliphatic heterocycles. The molecule has 0 unspecified atom stereocenters. The third-order valence-corrected chi connectivity index (χ3v) is 4.74. The summed E-state index contributed by atoms with van der Waals surface area (Å²) in [6.45, 7) is 6.46. The quantitative estimate of drug-likeness (QED) is 0.377. The predicted molar refractivity (Wildman–Crippen MR) is 118 cm³/mol. The number of nitrogens with one attached hydrogen (secondary N) is 2. The van der Waals surface area contributed by atoms with E-state index < -0.39 is 0 Å². The van der Waals surface area contributed by atoms with Gasteiger partial charge < -0.3 is 20.4 Å². The van der Waals surface area contributed by atoms with Crippen molar-refractivity contribution in [2.75, 3.05) is 44.2 Å². The molecule has 2 fully saturated rings. The topological polar surface area (TPSA) is 60.0 Å². The van der Waals surface area contributed by atoms with Gasteiger partial charge in [-0.15, -0.1) is 24.0 Å². The molecule has 3 rings (SSSR count). The number of anilines is 1. The summed E-state index contributed by atoms with van der Waals surface area (Å²) >= 11 is 6.30. The van der Waals surface area contributed by atoms with Gasteiger partial charge in [0, 0.05) is 38.8 Å². The molecule has 0 spiro atoms. The second-order valence-corrected chi connectivity index (χ2v) is 6.84. The van der Waals surface area contributed by atoms with Crippen LogP contribution in [-0.2, 0) is 4.79 Å². The Morgan fingerprint density at radius 1 is 1.23 bits per heavy atom. The number of amides is 1. The van der Waals surface area contributed by atoms with Crippen molar-refractivity contribution in [1.29, 1.82) is 0 Å². The van der Waals surface area contributed by atoms with Crippen molar-refractivity contribution in [3.63, 3.8) is 0 Å².